The van der Waals surface area contributed by atoms with Crippen molar-refractivity contribution in [2.45, 2.75) is 111 Å². The minimum absolute atomic E-state index is 0.0411. The zero-order valence-electron chi connectivity index (χ0n) is 23.1. The van der Waals surface area contributed by atoms with Crippen molar-refractivity contribution in [2.75, 3.05) is 6.26 Å². The zero-order valence-corrected chi connectivity index (χ0v) is 24.0. The van der Waals surface area contributed by atoms with Crippen LogP contribution in [0.1, 0.15) is 115 Å². The first-order chi connectivity index (χ1) is 15.9. The van der Waals surface area contributed by atoms with E-state index in [1.807, 2.05) is 38.6 Å². The molecule has 4 aliphatic carbocycles. The molecule has 34 heavy (non-hydrogen) atoms. The summed E-state index contributed by atoms with van der Waals surface area (Å²) in [6.07, 6.45) is 13.9. The van der Waals surface area contributed by atoms with E-state index < -0.39 is 0 Å². The number of thioether (sulfide) groups is 1. The second-order valence-electron chi connectivity index (χ2n) is 12.7. The van der Waals surface area contributed by atoms with Crippen molar-refractivity contribution in [3.05, 3.63) is 34.4 Å². The Hall–Kier alpha value is -1.09. The summed E-state index contributed by atoms with van der Waals surface area (Å²) in [6.45, 7) is 18.7. The summed E-state index contributed by atoms with van der Waals surface area (Å²) in [7, 11) is 0. The first kappa shape index (κ1) is 26.0. The summed E-state index contributed by atoms with van der Waals surface area (Å²) in [6, 6.07) is 1.90. The van der Waals surface area contributed by atoms with Gasteiger partial charge in [0.2, 0.25) is 0 Å². The fourth-order valence-electron chi connectivity index (χ4n) is 8.93. The maximum Gasteiger partial charge on any atom is 0.160 e. The van der Waals surface area contributed by atoms with Gasteiger partial charge in [0.25, 0.3) is 0 Å². The molecule has 6 unspecified atom stereocenters. The molecule has 0 radical (unpaired) electrons. The molecule has 0 bridgehead atoms. The lowest BCUT2D eigenvalue weighted by Gasteiger charge is -2.69. The Bertz CT molecular complexity index is 998. The fourth-order valence-corrected chi connectivity index (χ4v) is 9.74. The molecular weight excluding hydrogens is 436 g/mol. The lowest BCUT2D eigenvalue weighted by molar-refractivity contribution is -0.145. The van der Waals surface area contributed by atoms with Gasteiger partial charge < -0.3 is 10.2 Å². The van der Waals surface area contributed by atoms with Crippen LogP contribution in [0.3, 0.4) is 0 Å². The third-order valence-corrected chi connectivity index (χ3v) is 12.2. The Morgan fingerprint density at radius 2 is 1.65 bits per heavy atom. The van der Waals surface area contributed by atoms with Crippen molar-refractivity contribution in [3.8, 4) is 11.5 Å². The summed E-state index contributed by atoms with van der Waals surface area (Å²) < 4.78 is 0. The van der Waals surface area contributed by atoms with Crippen LogP contribution in [0.15, 0.2) is 17.7 Å². The van der Waals surface area contributed by atoms with E-state index in [-0.39, 0.29) is 27.6 Å². The number of aromatic hydroxyl groups is 2. The van der Waals surface area contributed by atoms with Gasteiger partial charge in [0.05, 0.1) is 0 Å². The van der Waals surface area contributed by atoms with Crippen LogP contribution < -0.4 is 0 Å². The van der Waals surface area contributed by atoms with Gasteiger partial charge in [-0.15, -0.1) is 0 Å². The maximum absolute atomic E-state index is 10.6. The second kappa shape index (κ2) is 8.49. The predicted molar refractivity (Wildman–Crippen MR) is 147 cm³/mol. The van der Waals surface area contributed by atoms with Crippen LogP contribution in [0.4, 0.5) is 0 Å². The topological polar surface area (TPSA) is 40.5 Å². The number of fused-ring (bicyclic) bond motifs is 7. The molecular formula is C31H48O2S. The quantitative estimate of drug-likeness (QED) is 0.308. The molecule has 1 aromatic rings. The molecule has 2 N–H and O–H groups in total. The van der Waals surface area contributed by atoms with Crippen molar-refractivity contribution >= 4 is 11.8 Å². The Morgan fingerprint density at radius 1 is 0.971 bits per heavy atom. The van der Waals surface area contributed by atoms with E-state index in [9.17, 15) is 10.2 Å². The smallest absolute Gasteiger partial charge is 0.160 e. The number of allylic oxidation sites excluding steroid dienone is 1. The van der Waals surface area contributed by atoms with Gasteiger partial charge in [-0.1, -0.05) is 66.5 Å². The highest BCUT2D eigenvalue weighted by Crippen LogP contribution is 2.74. The number of benzene rings is 1. The molecule has 190 valence electrons. The lowest BCUT2D eigenvalue weighted by Crippen LogP contribution is -2.61. The van der Waals surface area contributed by atoms with Gasteiger partial charge in [0.1, 0.15) is 0 Å². The maximum atomic E-state index is 10.6. The van der Waals surface area contributed by atoms with E-state index in [0.717, 1.165) is 23.8 Å². The Labute approximate surface area is 213 Å². The second-order valence-corrected chi connectivity index (χ2v) is 13.7. The van der Waals surface area contributed by atoms with Gasteiger partial charge in [0.15, 0.2) is 11.5 Å². The molecule has 4 aliphatic rings. The average molecular weight is 485 g/mol. The van der Waals surface area contributed by atoms with E-state index in [1.165, 1.54) is 49.7 Å². The van der Waals surface area contributed by atoms with Crippen molar-refractivity contribution in [3.63, 3.8) is 0 Å². The Kier molecular flexibility index (Phi) is 6.49. The molecule has 3 saturated carbocycles. The largest absolute Gasteiger partial charge is 0.504 e. The fraction of sp³-hybridized carbons (Fsp3) is 0.742. The van der Waals surface area contributed by atoms with Gasteiger partial charge in [-0.25, -0.2) is 0 Å². The molecule has 0 heterocycles. The number of hydrogen-bond donors (Lipinski definition) is 2. The monoisotopic (exact) mass is 484 g/mol. The summed E-state index contributed by atoms with van der Waals surface area (Å²) in [5.41, 5.74) is 5.88. The number of phenols is 2. The third kappa shape index (κ3) is 3.27. The standard InChI is InChI=1S/C29H42O2S.C2H6/c1-17-8-9-26(3)10-12-29(6)23-16-21(32-7)24-18(2)25(31)20(30)15-19(24)27(23,4)11-13-28(29,5)22(26)14-17;1-2/h15-17,21-22,30-31H,8-14H2,1-7H3;1-2H3/t17?,21?,22?,26?,27?,28-,29?;/m0./s1. The normalized spacial score (nSPS) is 42.7. The van der Waals surface area contributed by atoms with Crippen LogP contribution in [0.5, 0.6) is 11.5 Å². The minimum atomic E-state index is -0.0697. The van der Waals surface area contributed by atoms with Crippen molar-refractivity contribution in [2.24, 2.45) is 28.1 Å². The van der Waals surface area contributed by atoms with Crippen LogP contribution in [-0.2, 0) is 5.41 Å². The van der Waals surface area contributed by atoms with Crippen LogP contribution in [0.2, 0.25) is 0 Å². The average Bonchev–Trinajstić information content (AvgIpc) is 2.82. The Balaban J connectivity index is 0.00000133. The molecule has 1 aromatic carbocycles. The molecule has 0 amide bonds. The molecule has 5 rings (SSSR count). The van der Waals surface area contributed by atoms with Crippen LogP contribution >= 0.6 is 11.8 Å². The van der Waals surface area contributed by atoms with Crippen molar-refractivity contribution in [1.82, 2.24) is 0 Å². The first-order valence-electron chi connectivity index (χ1n) is 13.7. The van der Waals surface area contributed by atoms with Gasteiger partial charge in [-0.3, -0.25) is 0 Å². The molecule has 2 nitrogen and oxygen atoms in total. The molecule has 0 aromatic heterocycles. The summed E-state index contributed by atoms with van der Waals surface area (Å²) in [5, 5.41) is 21.4. The number of rotatable bonds is 1. The highest BCUT2D eigenvalue weighted by Gasteiger charge is 2.65. The molecule has 3 fully saturated rings. The van der Waals surface area contributed by atoms with Gasteiger partial charge in [-0.2, -0.15) is 11.8 Å². The molecule has 0 saturated heterocycles. The van der Waals surface area contributed by atoms with E-state index in [1.54, 1.807) is 5.57 Å². The van der Waals surface area contributed by atoms with Gasteiger partial charge >= 0.3 is 0 Å². The van der Waals surface area contributed by atoms with Crippen molar-refractivity contribution < 1.29 is 10.2 Å². The van der Waals surface area contributed by atoms with E-state index in [2.05, 4.69) is 47.0 Å². The molecule has 0 aliphatic heterocycles. The van der Waals surface area contributed by atoms with Gasteiger partial charge in [0, 0.05) is 10.7 Å². The molecule has 3 heteroatoms. The number of hydrogen-bond acceptors (Lipinski definition) is 3. The van der Waals surface area contributed by atoms with Crippen LogP contribution in [0.25, 0.3) is 0 Å². The van der Waals surface area contributed by atoms with Gasteiger partial charge in [-0.05, 0) is 103 Å². The molecule has 7 atom stereocenters. The summed E-state index contributed by atoms with van der Waals surface area (Å²) >= 11 is 1.86. The van der Waals surface area contributed by atoms with Crippen LogP contribution in [-0.4, -0.2) is 16.5 Å². The van der Waals surface area contributed by atoms with E-state index >= 15 is 0 Å². The molecule has 0 spiro atoms. The lowest BCUT2D eigenvalue weighted by atomic mass is 9.35. The van der Waals surface area contributed by atoms with E-state index in [4.69, 9.17) is 0 Å². The Morgan fingerprint density at radius 3 is 2.29 bits per heavy atom. The number of phenolic OH excluding ortho intramolecular Hbond substituents is 2. The predicted octanol–water partition coefficient (Wildman–Crippen LogP) is 9.08. The zero-order chi connectivity index (χ0) is 25.3. The third-order valence-electron chi connectivity index (χ3n) is 11.3. The summed E-state index contributed by atoms with van der Waals surface area (Å²) in [4.78, 5) is 0. The highest BCUT2D eigenvalue weighted by molar-refractivity contribution is 7.99. The van der Waals surface area contributed by atoms with Crippen LogP contribution in [0, 0.1) is 35.0 Å². The minimum Gasteiger partial charge on any atom is -0.504 e. The first-order valence-corrected chi connectivity index (χ1v) is 15.0. The van der Waals surface area contributed by atoms with Crippen molar-refractivity contribution in [1.29, 1.82) is 0 Å². The van der Waals surface area contributed by atoms with E-state index in [0.29, 0.717) is 10.8 Å². The highest BCUT2D eigenvalue weighted by atomic mass is 32.2. The summed E-state index contributed by atoms with van der Waals surface area (Å²) in [5.74, 6) is 1.72. The SMILES string of the molecule is CC.CSC1C=C2C(C)(CC[C@@]3(C)C4CC(C)CCC4(C)CCC23C)c2cc(O)c(O)c(C)c21.